The van der Waals surface area contributed by atoms with Crippen LogP contribution in [0, 0.1) is 0 Å². The van der Waals surface area contributed by atoms with Crippen molar-refractivity contribution in [3.05, 3.63) is 70.2 Å². The maximum absolute atomic E-state index is 12.1. The predicted octanol–water partition coefficient (Wildman–Crippen LogP) is 4.27. The van der Waals surface area contributed by atoms with Gasteiger partial charge in [0, 0.05) is 17.1 Å². The third-order valence-corrected chi connectivity index (χ3v) is 3.59. The summed E-state index contributed by atoms with van der Waals surface area (Å²) in [4.78, 5) is 12.1. The molecule has 2 nitrogen and oxygen atoms in total. The second-order valence-corrected chi connectivity index (χ2v) is 5.52. The molecule has 0 spiro atoms. The molecule has 0 heterocycles. The molecule has 0 saturated heterocycles. The van der Waals surface area contributed by atoms with Gasteiger partial charge in [0.25, 0.3) is 5.91 Å². The van der Waals surface area contributed by atoms with E-state index in [0.717, 1.165) is 29.8 Å². The monoisotopic (exact) mass is 301 g/mol. The minimum atomic E-state index is -0.0121. The van der Waals surface area contributed by atoms with Crippen molar-refractivity contribution in [3.8, 4) is 0 Å². The number of nitrogens with one attached hydrogen (secondary N) is 1. The normalized spacial score (nSPS) is 10.4. The van der Waals surface area contributed by atoms with E-state index in [0.29, 0.717) is 6.54 Å². The molecule has 1 amide bonds. The van der Waals surface area contributed by atoms with Gasteiger partial charge in [0.2, 0.25) is 0 Å². The van der Waals surface area contributed by atoms with Crippen LogP contribution in [0.15, 0.2) is 48.5 Å². The van der Waals surface area contributed by atoms with Gasteiger partial charge in [-0.3, -0.25) is 4.79 Å². The zero-order chi connectivity index (χ0) is 15.1. The summed E-state index contributed by atoms with van der Waals surface area (Å²) in [5, 5.41) is 3.69. The second kappa shape index (κ2) is 7.84. The van der Waals surface area contributed by atoms with Gasteiger partial charge >= 0.3 is 0 Å². The molecule has 1 N–H and O–H groups in total. The molecule has 0 unspecified atom stereocenters. The molecule has 2 rings (SSSR count). The maximum Gasteiger partial charge on any atom is 0.251 e. The van der Waals surface area contributed by atoms with E-state index in [1.165, 1.54) is 11.1 Å². The summed E-state index contributed by atoms with van der Waals surface area (Å²) in [6, 6.07) is 15.5. The molecule has 21 heavy (non-hydrogen) atoms. The lowest BCUT2D eigenvalue weighted by molar-refractivity contribution is 0.0954. The van der Waals surface area contributed by atoms with Crippen LogP contribution in [0.1, 0.15) is 34.8 Å². The van der Waals surface area contributed by atoms with Gasteiger partial charge in [-0.25, -0.2) is 0 Å². The van der Waals surface area contributed by atoms with Crippen molar-refractivity contribution in [1.82, 2.24) is 5.32 Å². The standard InChI is InChI=1S/C18H20ClNO/c1-2-4-15-5-3-6-16(13-15)18(21)20-12-11-14-7-9-17(19)10-8-14/h3,5-10,13H,2,4,11-12H2,1H3,(H,20,21). The number of hydrogen-bond acceptors (Lipinski definition) is 1. The molecule has 3 heteroatoms. The van der Waals surface area contributed by atoms with Crippen molar-refractivity contribution >= 4 is 17.5 Å². The Hall–Kier alpha value is -1.80. The number of carbonyl (C=O) groups excluding carboxylic acids is 1. The van der Waals surface area contributed by atoms with Crippen LogP contribution >= 0.6 is 11.6 Å². The van der Waals surface area contributed by atoms with Gasteiger partial charge < -0.3 is 5.32 Å². The van der Waals surface area contributed by atoms with Crippen LogP contribution in [-0.2, 0) is 12.8 Å². The lowest BCUT2D eigenvalue weighted by atomic mass is 10.1. The quantitative estimate of drug-likeness (QED) is 0.848. The lowest BCUT2D eigenvalue weighted by Crippen LogP contribution is -2.25. The van der Waals surface area contributed by atoms with Gasteiger partial charge in [0.15, 0.2) is 0 Å². The van der Waals surface area contributed by atoms with E-state index in [1.54, 1.807) is 0 Å². The highest BCUT2D eigenvalue weighted by Crippen LogP contribution is 2.10. The third kappa shape index (κ3) is 4.91. The zero-order valence-corrected chi connectivity index (χ0v) is 13.0. The highest BCUT2D eigenvalue weighted by molar-refractivity contribution is 6.30. The second-order valence-electron chi connectivity index (χ2n) is 5.08. The molecule has 0 aliphatic carbocycles. The summed E-state index contributed by atoms with van der Waals surface area (Å²) in [6.45, 7) is 2.76. The molecular weight excluding hydrogens is 282 g/mol. The Morgan fingerprint density at radius 1 is 1.05 bits per heavy atom. The van der Waals surface area contributed by atoms with Gasteiger partial charge in [-0.2, -0.15) is 0 Å². The van der Waals surface area contributed by atoms with Crippen molar-refractivity contribution in [3.63, 3.8) is 0 Å². The number of benzene rings is 2. The number of amides is 1. The van der Waals surface area contributed by atoms with Crippen molar-refractivity contribution in [2.24, 2.45) is 0 Å². The first-order chi connectivity index (χ1) is 10.2. The highest BCUT2D eigenvalue weighted by atomic mass is 35.5. The van der Waals surface area contributed by atoms with Crippen LogP contribution in [0.25, 0.3) is 0 Å². The number of halogens is 1. The molecule has 110 valence electrons. The van der Waals surface area contributed by atoms with Gasteiger partial charge in [0.1, 0.15) is 0 Å². The summed E-state index contributed by atoms with van der Waals surface area (Å²) < 4.78 is 0. The van der Waals surface area contributed by atoms with Crippen LogP contribution in [0.2, 0.25) is 5.02 Å². The Kier molecular flexibility index (Phi) is 5.82. The fraction of sp³-hybridized carbons (Fsp3) is 0.278. The number of hydrogen-bond donors (Lipinski definition) is 1. The average molecular weight is 302 g/mol. The highest BCUT2D eigenvalue weighted by Gasteiger charge is 2.05. The van der Waals surface area contributed by atoms with Crippen molar-refractivity contribution in [1.29, 1.82) is 0 Å². The van der Waals surface area contributed by atoms with E-state index < -0.39 is 0 Å². The summed E-state index contributed by atoms with van der Waals surface area (Å²) in [7, 11) is 0. The van der Waals surface area contributed by atoms with E-state index in [1.807, 2.05) is 42.5 Å². The Morgan fingerprint density at radius 3 is 2.52 bits per heavy atom. The van der Waals surface area contributed by atoms with Crippen molar-refractivity contribution < 1.29 is 4.79 Å². The number of carbonyl (C=O) groups is 1. The smallest absolute Gasteiger partial charge is 0.251 e. The minimum Gasteiger partial charge on any atom is -0.352 e. The molecule has 0 aliphatic rings. The molecule has 0 fully saturated rings. The lowest BCUT2D eigenvalue weighted by Gasteiger charge is -2.07. The Bertz CT molecular complexity index is 592. The van der Waals surface area contributed by atoms with E-state index in [4.69, 9.17) is 11.6 Å². The molecule has 0 bridgehead atoms. The maximum atomic E-state index is 12.1. The van der Waals surface area contributed by atoms with Crippen LogP contribution in [0.5, 0.6) is 0 Å². The SMILES string of the molecule is CCCc1cccc(C(=O)NCCc2ccc(Cl)cc2)c1. The summed E-state index contributed by atoms with van der Waals surface area (Å²) in [5.74, 6) is -0.0121. The molecule has 0 aliphatic heterocycles. The summed E-state index contributed by atoms with van der Waals surface area (Å²) >= 11 is 5.85. The topological polar surface area (TPSA) is 29.1 Å². The largest absolute Gasteiger partial charge is 0.352 e. The molecule has 2 aromatic rings. The van der Waals surface area contributed by atoms with Gasteiger partial charge in [0.05, 0.1) is 0 Å². The molecule has 0 saturated carbocycles. The zero-order valence-electron chi connectivity index (χ0n) is 12.2. The third-order valence-electron chi connectivity index (χ3n) is 3.34. The van der Waals surface area contributed by atoms with E-state index in [2.05, 4.69) is 18.3 Å². The molecule has 2 aromatic carbocycles. The molecular formula is C18H20ClNO. The fourth-order valence-electron chi connectivity index (χ4n) is 2.23. The first-order valence-corrected chi connectivity index (χ1v) is 7.68. The predicted molar refractivity (Wildman–Crippen MR) is 87.9 cm³/mol. The van der Waals surface area contributed by atoms with Gasteiger partial charge in [-0.1, -0.05) is 49.2 Å². The van der Waals surface area contributed by atoms with Crippen LogP contribution < -0.4 is 5.32 Å². The van der Waals surface area contributed by atoms with Crippen LogP contribution in [0.3, 0.4) is 0 Å². The van der Waals surface area contributed by atoms with Gasteiger partial charge in [-0.15, -0.1) is 0 Å². The fourth-order valence-corrected chi connectivity index (χ4v) is 2.36. The molecule has 0 aromatic heterocycles. The first-order valence-electron chi connectivity index (χ1n) is 7.30. The van der Waals surface area contributed by atoms with Crippen molar-refractivity contribution in [2.75, 3.05) is 6.54 Å². The van der Waals surface area contributed by atoms with E-state index >= 15 is 0 Å². The Balaban J connectivity index is 1.86. The van der Waals surface area contributed by atoms with Gasteiger partial charge in [-0.05, 0) is 48.2 Å². The Labute approximate surface area is 131 Å². The first kappa shape index (κ1) is 15.6. The number of rotatable bonds is 6. The van der Waals surface area contributed by atoms with E-state index in [-0.39, 0.29) is 5.91 Å². The Morgan fingerprint density at radius 2 is 1.81 bits per heavy atom. The van der Waals surface area contributed by atoms with E-state index in [9.17, 15) is 4.79 Å². The summed E-state index contributed by atoms with van der Waals surface area (Å²) in [5.41, 5.74) is 3.11. The minimum absolute atomic E-state index is 0.0121. The summed E-state index contributed by atoms with van der Waals surface area (Å²) in [6.07, 6.45) is 2.89. The average Bonchev–Trinajstić information content (AvgIpc) is 2.50. The van der Waals surface area contributed by atoms with Crippen LogP contribution in [-0.4, -0.2) is 12.5 Å². The van der Waals surface area contributed by atoms with Crippen molar-refractivity contribution in [2.45, 2.75) is 26.2 Å². The number of aryl methyl sites for hydroxylation is 1. The molecule has 0 radical (unpaired) electrons. The molecule has 0 atom stereocenters. The van der Waals surface area contributed by atoms with Crippen LogP contribution in [0.4, 0.5) is 0 Å².